The van der Waals surface area contributed by atoms with E-state index in [2.05, 4.69) is 5.32 Å². The number of hydrogen-bond donors (Lipinski definition) is 2. The average molecular weight is 293 g/mol. The molecule has 4 nitrogen and oxygen atoms in total. The van der Waals surface area contributed by atoms with Crippen LogP contribution < -0.4 is 5.32 Å². The van der Waals surface area contributed by atoms with Gasteiger partial charge < -0.3 is 15.2 Å². The van der Waals surface area contributed by atoms with Crippen molar-refractivity contribution in [3.8, 4) is 0 Å². The molecular weight excluding hydrogens is 274 g/mol. The summed E-state index contributed by atoms with van der Waals surface area (Å²) in [5.74, 6) is -1.07. The van der Waals surface area contributed by atoms with Crippen LogP contribution >= 0.6 is 12.2 Å². The summed E-state index contributed by atoms with van der Waals surface area (Å²) < 4.78 is 0. The molecule has 0 heterocycles. The van der Waals surface area contributed by atoms with E-state index in [0.29, 0.717) is 17.8 Å². The summed E-state index contributed by atoms with van der Waals surface area (Å²) in [6.45, 7) is 3.32. The molecule has 1 unspecified atom stereocenters. The van der Waals surface area contributed by atoms with Gasteiger partial charge in [0.05, 0.1) is 4.99 Å². The molecule has 2 atom stereocenters. The maximum absolute atomic E-state index is 11.3. The number of carboxylic acids is 1. The van der Waals surface area contributed by atoms with Gasteiger partial charge in [-0.1, -0.05) is 49.5 Å². The average Bonchev–Trinajstić information content (AvgIpc) is 2.38. The lowest BCUT2D eigenvalue weighted by molar-refractivity contribution is -0.139. The van der Waals surface area contributed by atoms with Crippen LogP contribution in [0.1, 0.15) is 25.8 Å². The summed E-state index contributed by atoms with van der Waals surface area (Å²) in [5.41, 5.74) is 0.925. The number of nitrogens with one attached hydrogen (secondary N) is 1. The van der Waals surface area contributed by atoms with Gasteiger partial charge in [-0.2, -0.15) is 0 Å². The molecule has 5 heteroatoms. The van der Waals surface area contributed by atoms with Crippen LogP contribution in [0.5, 0.6) is 0 Å². The summed E-state index contributed by atoms with van der Waals surface area (Å²) in [6, 6.07) is 8.58. The molecule has 0 spiro atoms. The highest BCUT2D eigenvalue weighted by atomic mass is 32.1. The third-order valence-electron chi connectivity index (χ3n) is 2.94. The number of benzene rings is 1. The van der Waals surface area contributed by atoms with Gasteiger partial charge in [-0.15, -0.1) is 0 Å². The largest absolute Gasteiger partial charge is 0.480 e. The van der Waals surface area contributed by atoms with Crippen LogP contribution in [0.4, 0.5) is 0 Å². The predicted molar refractivity (Wildman–Crippen MR) is 81.8 cm³/mol. The third-order valence-corrected chi connectivity index (χ3v) is 3.46. The Morgan fingerprint density at radius 3 is 2.40 bits per heavy atom. The van der Waals surface area contributed by atoms with Gasteiger partial charge in [0.2, 0.25) is 0 Å². The molecule has 0 radical (unpaired) electrons. The van der Waals surface area contributed by atoms with Gasteiger partial charge in [-0.25, -0.2) is 4.79 Å². The Kier molecular flexibility index (Phi) is 6.31. The quantitative estimate of drug-likeness (QED) is 0.755. The van der Waals surface area contributed by atoms with Crippen molar-refractivity contribution in [2.75, 3.05) is 0 Å². The molecule has 1 aromatic carbocycles. The molecule has 0 fully saturated rings. The summed E-state index contributed by atoms with van der Waals surface area (Å²) in [7, 11) is 0. The third kappa shape index (κ3) is 5.48. The fourth-order valence-electron chi connectivity index (χ4n) is 1.89. The lowest BCUT2D eigenvalue weighted by Gasteiger charge is -2.19. The number of ketones is 1. The second kappa shape index (κ2) is 7.75. The Morgan fingerprint density at radius 2 is 1.90 bits per heavy atom. The minimum Gasteiger partial charge on any atom is -0.480 e. The van der Waals surface area contributed by atoms with Crippen LogP contribution in [0.3, 0.4) is 0 Å². The van der Waals surface area contributed by atoms with Crippen molar-refractivity contribution in [2.45, 2.75) is 32.7 Å². The van der Waals surface area contributed by atoms with Crippen molar-refractivity contribution in [3.05, 3.63) is 35.9 Å². The van der Waals surface area contributed by atoms with E-state index in [0.717, 1.165) is 5.56 Å². The van der Waals surface area contributed by atoms with Crippen molar-refractivity contribution < 1.29 is 14.7 Å². The van der Waals surface area contributed by atoms with Gasteiger partial charge in [-0.05, 0) is 12.5 Å². The molecule has 0 saturated heterocycles. The number of hydrogen-bond acceptors (Lipinski definition) is 3. The molecule has 1 rings (SSSR count). The number of aliphatic carboxylic acids is 1. The number of carboxylic acid groups (broad SMARTS) is 1. The second-order valence-electron chi connectivity index (χ2n) is 4.90. The molecule has 0 aromatic heterocycles. The molecule has 108 valence electrons. The fourth-order valence-corrected chi connectivity index (χ4v) is 2.11. The highest BCUT2D eigenvalue weighted by Gasteiger charge is 2.21. The van der Waals surface area contributed by atoms with Crippen molar-refractivity contribution in [2.24, 2.45) is 5.92 Å². The van der Waals surface area contributed by atoms with E-state index in [4.69, 9.17) is 12.2 Å². The number of thiocarbonyl (C=S) groups is 1. The molecule has 2 N–H and O–H groups in total. The van der Waals surface area contributed by atoms with Crippen molar-refractivity contribution in [1.29, 1.82) is 0 Å². The van der Waals surface area contributed by atoms with Gasteiger partial charge in [-0.3, -0.25) is 0 Å². The summed E-state index contributed by atoms with van der Waals surface area (Å²) in [4.78, 5) is 22.8. The SMILES string of the molecule is CC(=O)CC(C)C(=S)N[C@@H](Cc1ccccc1)C(=O)O. The number of Topliss-reactive ketones (excluding diaryl/α,β-unsaturated/α-hetero) is 1. The van der Waals surface area contributed by atoms with E-state index in [1.807, 2.05) is 37.3 Å². The van der Waals surface area contributed by atoms with E-state index < -0.39 is 12.0 Å². The molecule has 0 aliphatic carbocycles. The van der Waals surface area contributed by atoms with Crippen LogP contribution in [0.25, 0.3) is 0 Å². The van der Waals surface area contributed by atoms with Gasteiger partial charge in [0.25, 0.3) is 0 Å². The Labute approximate surface area is 124 Å². The molecule has 0 aliphatic rings. The van der Waals surface area contributed by atoms with Crippen LogP contribution in [0, 0.1) is 5.92 Å². The zero-order valence-electron chi connectivity index (χ0n) is 11.6. The summed E-state index contributed by atoms with van der Waals surface area (Å²) in [6.07, 6.45) is 0.673. The van der Waals surface area contributed by atoms with Gasteiger partial charge in [0, 0.05) is 18.8 Å². The number of carbonyl (C=O) groups is 2. The Bertz CT molecular complexity index is 487. The Hall–Kier alpha value is -1.75. The first-order chi connectivity index (χ1) is 9.40. The van der Waals surface area contributed by atoms with E-state index in [9.17, 15) is 14.7 Å². The molecule has 0 aliphatic heterocycles. The number of rotatable bonds is 7. The molecule has 0 amide bonds. The predicted octanol–water partition coefficient (Wildman–Crippen LogP) is 2.21. The van der Waals surface area contributed by atoms with Gasteiger partial charge in [0.1, 0.15) is 11.8 Å². The van der Waals surface area contributed by atoms with E-state index >= 15 is 0 Å². The maximum Gasteiger partial charge on any atom is 0.326 e. The lowest BCUT2D eigenvalue weighted by atomic mass is 10.0. The topological polar surface area (TPSA) is 66.4 Å². The fraction of sp³-hybridized carbons (Fsp3) is 0.400. The molecular formula is C15H19NO3S. The van der Waals surface area contributed by atoms with Gasteiger partial charge >= 0.3 is 5.97 Å². The first-order valence-corrected chi connectivity index (χ1v) is 6.87. The van der Waals surface area contributed by atoms with E-state index in [-0.39, 0.29) is 11.7 Å². The van der Waals surface area contributed by atoms with Crippen molar-refractivity contribution >= 4 is 29.0 Å². The minimum absolute atomic E-state index is 0.0385. The van der Waals surface area contributed by atoms with E-state index in [1.165, 1.54) is 6.92 Å². The second-order valence-corrected chi connectivity index (χ2v) is 5.34. The van der Waals surface area contributed by atoms with Gasteiger partial charge in [0.15, 0.2) is 0 Å². The zero-order chi connectivity index (χ0) is 15.1. The van der Waals surface area contributed by atoms with E-state index in [1.54, 1.807) is 0 Å². The molecule has 1 aromatic rings. The smallest absolute Gasteiger partial charge is 0.326 e. The molecule has 20 heavy (non-hydrogen) atoms. The van der Waals surface area contributed by atoms with Crippen molar-refractivity contribution in [1.82, 2.24) is 5.32 Å². The van der Waals surface area contributed by atoms with Crippen LogP contribution in [-0.4, -0.2) is 27.9 Å². The first-order valence-electron chi connectivity index (χ1n) is 6.46. The normalized spacial score (nSPS) is 13.3. The standard InChI is InChI=1S/C15H19NO3S/c1-10(8-11(2)17)14(20)16-13(15(18)19)9-12-6-4-3-5-7-12/h3-7,10,13H,8-9H2,1-2H3,(H,16,20)(H,18,19)/t10?,13-/m0/s1. The highest BCUT2D eigenvalue weighted by molar-refractivity contribution is 7.80. The highest BCUT2D eigenvalue weighted by Crippen LogP contribution is 2.08. The Balaban J connectivity index is 2.66. The monoisotopic (exact) mass is 293 g/mol. The molecule has 0 saturated carbocycles. The first kappa shape index (κ1) is 16.3. The molecule has 0 bridgehead atoms. The van der Waals surface area contributed by atoms with Crippen LogP contribution in [0.15, 0.2) is 30.3 Å². The van der Waals surface area contributed by atoms with Crippen LogP contribution in [-0.2, 0) is 16.0 Å². The summed E-state index contributed by atoms with van der Waals surface area (Å²) in [5, 5.41) is 12.1. The zero-order valence-corrected chi connectivity index (χ0v) is 12.4. The summed E-state index contributed by atoms with van der Waals surface area (Å²) >= 11 is 5.18. The maximum atomic E-state index is 11.3. The Morgan fingerprint density at radius 1 is 1.30 bits per heavy atom. The van der Waals surface area contributed by atoms with Crippen molar-refractivity contribution in [3.63, 3.8) is 0 Å². The van der Waals surface area contributed by atoms with Crippen LogP contribution in [0.2, 0.25) is 0 Å². The lowest BCUT2D eigenvalue weighted by Crippen LogP contribution is -2.43. The minimum atomic E-state index is -0.953. The number of carbonyl (C=O) groups excluding carboxylic acids is 1.